The lowest BCUT2D eigenvalue weighted by atomic mass is 10.2. The van der Waals surface area contributed by atoms with Gasteiger partial charge in [0.1, 0.15) is 0 Å². The van der Waals surface area contributed by atoms with Crippen molar-refractivity contribution < 1.29 is 8.95 Å². The van der Waals surface area contributed by atoms with Crippen LogP contribution in [0.1, 0.15) is 31.7 Å². The molecular weight excluding hydrogens is 368 g/mol. The molecule has 0 amide bonds. The molecule has 2 atom stereocenters. The fraction of sp³-hybridized carbons (Fsp3) is 0.722. The molecule has 1 aromatic rings. The summed E-state index contributed by atoms with van der Waals surface area (Å²) in [7, 11) is 0.906. The maximum absolute atomic E-state index is 12.2. The molecule has 1 aliphatic heterocycles. The molecule has 1 aliphatic rings. The summed E-state index contributed by atoms with van der Waals surface area (Å²) in [5, 5.41) is 8.84. The smallest absolute Gasteiger partial charge is 0.191 e. The van der Waals surface area contributed by atoms with Gasteiger partial charge in [-0.2, -0.15) is 0 Å². The number of aliphatic imine (C=N–C) groups is 1. The third-order valence-electron chi connectivity index (χ3n) is 4.31. The zero-order valence-electron chi connectivity index (χ0n) is 16.3. The van der Waals surface area contributed by atoms with Crippen LogP contribution in [0, 0.1) is 0 Å². The minimum Gasteiger partial charge on any atom is -0.379 e. The van der Waals surface area contributed by atoms with E-state index in [0.717, 1.165) is 38.8 Å². The lowest BCUT2D eigenvalue weighted by Gasteiger charge is -2.34. The molecule has 1 saturated heterocycles. The van der Waals surface area contributed by atoms with Gasteiger partial charge in [-0.1, -0.05) is 6.07 Å². The average molecular weight is 401 g/mol. The van der Waals surface area contributed by atoms with E-state index in [1.807, 2.05) is 20.8 Å². The number of nitrogens with one attached hydrogen (secondary N) is 2. The van der Waals surface area contributed by atoms with E-state index in [2.05, 4.69) is 38.0 Å². The summed E-state index contributed by atoms with van der Waals surface area (Å²) >= 11 is 1.79. The minimum atomic E-state index is -0.862. The molecule has 0 bridgehead atoms. The number of hydrogen-bond donors (Lipinski definition) is 2. The molecular formula is C18H32N4O2S2. The highest BCUT2D eigenvalue weighted by atomic mass is 32.2. The molecule has 6 nitrogen and oxygen atoms in total. The van der Waals surface area contributed by atoms with Crippen molar-refractivity contribution in [2.45, 2.75) is 31.6 Å². The van der Waals surface area contributed by atoms with Crippen LogP contribution < -0.4 is 10.6 Å². The first-order chi connectivity index (χ1) is 12.4. The predicted molar refractivity (Wildman–Crippen MR) is 112 cm³/mol. The summed E-state index contributed by atoms with van der Waals surface area (Å²) in [6.07, 6.45) is 0. The highest BCUT2D eigenvalue weighted by Crippen LogP contribution is 2.25. The van der Waals surface area contributed by atoms with Crippen molar-refractivity contribution in [1.82, 2.24) is 15.5 Å². The molecule has 1 fully saturated rings. The third kappa shape index (κ3) is 6.64. The SMILES string of the molecule is CN=C(NCCS(=O)C(C)(C)C)NCC(c1cccs1)N1CCOCC1. The summed E-state index contributed by atoms with van der Waals surface area (Å²) < 4.78 is 17.5. The summed E-state index contributed by atoms with van der Waals surface area (Å²) in [6.45, 7) is 10.9. The van der Waals surface area contributed by atoms with E-state index in [-0.39, 0.29) is 4.75 Å². The number of thiophene rings is 1. The molecule has 0 spiro atoms. The normalized spacial score (nSPS) is 19.2. The second kappa shape index (κ2) is 10.4. The zero-order valence-corrected chi connectivity index (χ0v) is 17.9. The van der Waals surface area contributed by atoms with Gasteiger partial charge in [-0.3, -0.25) is 14.1 Å². The zero-order chi connectivity index (χ0) is 19.0. The Morgan fingerprint density at radius 1 is 1.38 bits per heavy atom. The Balaban J connectivity index is 1.86. The van der Waals surface area contributed by atoms with Crippen molar-refractivity contribution in [2.75, 3.05) is 52.2 Å². The number of nitrogens with zero attached hydrogens (tertiary/aromatic N) is 2. The molecule has 2 N–H and O–H groups in total. The monoisotopic (exact) mass is 400 g/mol. The number of morpholine rings is 1. The maximum atomic E-state index is 12.2. The van der Waals surface area contributed by atoms with Gasteiger partial charge in [-0.25, -0.2) is 0 Å². The lowest BCUT2D eigenvalue weighted by Crippen LogP contribution is -2.46. The van der Waals surface area contributed by atoms with Crippen molar-refractivity contribution >= 4 is 28.1 Å². The van der Waals surface area contributed by atoms with Gasteiger partial charge in [0, 0.05) is 59.4 Å². The Hall–Kier alpha value is -0.960. The van der Waals surface area contributed by atoms with Crippen LogP contribution in [-0.4, -0.2) is 72.0 Å². The Morgan fingerprint density at radius 3 is 2.69 bits per heavy atom. The summed E-state index contributed by atoms with van der Waals surface area (Å²) in [4.78, 5) is 8.11. The molecule has 2 heterocycles. The van der Waals surface area contributed by atoms with Crippen LogP contribution in [0.3, 0.4) is 0 Å². The van der Waals surface area contributed by atoms with E-state index in [9.17, 15) is 4.21 Å². The summed E-state index contributed by atoms with van der Waals surface area (Å²) in [5.41, 5.74) is 0. The molecule has 1 aromatic heterocycles. The second-order valence-corrected chi connectivity index (χ2v) is 10.5. The first kappa shape index (κ1) is 21.3. The molecule has 2 unspecified atom stereocenters. The number of ether oxygens (including phenoxy) is 1. The van der Waals surface area contributed by atoms with Gasteiger partial charge in [-0.15, -0.1) is 11.3 Å². The fourth-order valence-electron chi connectivity index (χ4n) is 2.76. The Morgan fingerprint density at radius 2 is 2.12 bits per heavy atom. The molecule has 26 heavy (non-hydrogen) atoms. The van der Waals surface area contributed by atoms with Crippen LogP contribution in [0.25, 0.3) is 0 Å². The van der Waals surface area contributed by atoms with E-state index >= 15 is 0 Å². The maximum Gasteiger partial charge on any atom is 0.191 e. The average Bonchev–Trinajstić information content (AvgIpc) is 3.14. The molecule has 148 valence electrons. The largest absolute Gasteiger partial charge is 0.379 e. The summed E-state index contributed by atoms with van der Waals surface area (Å²) in [6, 6.07) is 4.60. The van der Waals surface area contributed by atoms with Crippen LogP contribution in [0.15, 0.2) is 22.5 Å². The van der Waals surface area contributed by atoms with Gasteiger partial charge in [0.05, 0.1) is 19.3 Å². The minimum absolute atomic E-state index is 0.181. The number of guanidine groups is 1. The topological polar surface area (TPSA) is 66.0 Å². The third-order valence-corrected chi connectivity index (χ3v) is 7.22. The fourth-order valence-corrected chi connectivity index (χ4v) is 4.52. The molecule has 0 aliphatic carbocycles. The van der Waals surface area contributed by atoms with Gasteiger partial charge in [0.15, 0.2) is 5.96 Å². The molecule has 2 rings (SSSR count). The standard InChI is InChI=1S/C18H32N4O2S2/c1-18(2,3)26(23)13-7-20-17(19-4)21-14-15(16-6-5-12-25-16)22-8-10-24-11-9-22/h5-6,12,15H,7-11,13-14H2,1-4H3,(H2,19,20,21). The van der Waals surface area contributed by atoms with Crippen molar-refractivity contribution in [3.05, 3.63) is 22.4 Å². The lowest BCUT2D eigenvalue weighted by molar-refractivity contribution is 0.0177. The van der Waals surface area contributed by atoms with Crippen LogP contribution in [0.2, 0.25) is 0 Å². The van der Waals surface area contributed by atoms with Crippen LogP contribution >= 0.6 is 11.3 Å². The first-order valence-corrected chi connectivity index (χ1v) is 11.3. The van der Waals surface area contributed by atoms with E-state index in [1.165, 1.54) is 4.88 Å². The molecule has 0 aromatic carbocycles. The van der Waals surface area contributed by atoms with E-state index in [0.29, 0.717) is 18.3 Å². The second-order valence-electron chi connectivity index (χ2n) is 7.22. The van der Waals surface area contributed by atoms with Crippen molar-refractivity contribution in [3.63, 3.8) is 0 Å². The van der Waals surface area contributed by atoms with Gasteiger partial charge >= 0.3 is 0 Å². The van der Waals surface area contributed by atoms with E-state index < -0.39 is 10.8 Å². The Labute approximate surface area is 163 Å². The Kier molecular flexibility index (Phi) is 8.53. The van der Waals surface area contributed by atoms with E-state index in [1.54, 1.807) is 18.4 Å². The van der Waals surface area contributed by atoms with E-state index in [4.69, 9.17) is 4.74 Å². The Bertz CT molecular complexity index is 579. The molecule has 0 saturated carbocycles. The highest BCUT2D eigenvalue weighted by molar-refractivity contribution is 7.86. The van der Waals surface area contributed by atoms with Crippen molar-refractivity contribution in [3.8, 4) is 0 Å². The van der Waals surface area contributed by atoms with Gasteiger partial charge in [0.2, 0.25) is 0 Å². The van der Waals surface area contributed by atoms with Crippen molar-refractivity contribution in [1.29, 1.82) is 0 Å². The number of rotatable bonds is 7. The van der Waals surface area contributed by atoms with Gasteiger partial charge < -0.3 is 15.4 Å². The predicted octanol–water partition coefficient (Wildman–Crippen LogP) is 1.83. The first-order valence-electron chi connectivity index (χ1n) is 9.10. The quantitative estimate of drug-likeness (QED) is 0.540. The van der Waals surface area contributed by atoms with Crippen LogP contribution in [-0.2, 0) is 15.5 Å². The van der Waals surface area contributed by atoms with Crippen LogP contribution in [0.4, 0.5) is 0 Å². The highest BCUT2D eigenvalue weighted by Gasteiger charge is 2.24. The summed E-state index contributed by atoms with van der Waals surface area (Å²) in [5.74, 6) is 1.37. The number of hydrogen-bond acceptors (Lipinski definition) is 5. The molecule has 8 heteroatoms. The molecule has 0 radical (unpaired) electrons. The van der Waals surface area contributed by atoms with Gasteiger partial charge in [0.25, 0.3) is 0 Å². The van der Waals surface area contributed by atoms with Gasteiger partial charge in [-0.05, 0) is 32.2 Å². The van der Waals surface area contributed by atoms with Crippen LogP contribution in [0.5, 0.6) is 0 Å². The van der Waals surface area contributed by atoms with Crippen molar-refractivity contribution in [2.24, 2.45) is 4.99 Å².